The molecule has 1 rings (SSSR count). The summed E-state index contributed by atoms with van der Waals surface area (Å²) in [7, 11) is 0. The van der Waals surface area contributed by atoms with Crippen molar-refractivity contribution < 1.29 is 0 Å². The molecule has 0 saturated heterocycles. The molecule has 0 fully saturated rings. The SMILES string of the molecule is N#CC1CC=NC1. The highest BCUT2D eigenvalue weighted by Gasteiger charge is 2.07. The van der Waals surface area contributed by atoms with Crippen LogP contribution in [0.4, 0.5) is 0 Å². The molecule has 0 aliphatic carbocycles. The maximum absolute atomic E-state index is 8.24. The van der Waals surface area contributed by atoms with Crippen molar-refractivity contribution in [2.24, 2.45) is 10.9 Å². The first-order chi connectivity index (χ1) is 3.43. The predicted molar refractivity (Wildman–Crippen MR) is 27.1 cm³/mol. The summed E-state index contributed by atoms with van der Waals surface area (Å²) in [5.74, 6) is 0.181. The molecule has 36 valence electrons. The van der Waals surface area contributed by atoms with Crippen LogP contribution in [0.2, 0.25) is 0 Å². The number of nitrogens with zero attached hydrogens (tertiary/aromatic N) is 2. The Morgan fingerprint density at radius 1 is 1.86 bits per heavy atom. The maximum Gasteiger partial charge on any atom is 0.0707 e. The van der Waals surface area contributed by atoms with Crippen LogP contribution < -0.4 is 0 Å². The van der Waals surface area contributed by atoms with Crippen molar-refractivity contribution in [1.82, 2.24) is 0 Å². The summed E-state index contributed by atoms with van der Waals surface area (Å²) in [6, 6.07) is 2.14. The molecule has 2 nitrogen and oxygen atoms in total. The average Bonchev–Trinajstić information content (AvgIpc) is 2.14. The summed E-state index contributed by atoms with van der Waals surface area (Å²) in [6.07, 6.45) is 2.67. The lowest BCUT2D eigenvalue weighted by atomic mass is 10.1. The minimum atomic E-state index is 0.181. The van der Waals surface area contributed by atoms with E-state index in [4.69, 9.17) is 5.26 Å². The van der Waals surface area contributed by atoms with Crippen LogP contribution in [0.25, 0.3) is 0 Å². The summed E-state index contributed by atoms with van der Waals surface area (Å²) in [5, 5.41) is 8.24. The largest absolute Gasteiger partial charge is 0.296 e. The van der Waals surface area contributed by atoms with Crippen molar-refractivity contribution in [1.29, 1.82) is 5.26 Å². The zero-order chi connectivity index (χ0) is 5.11. The molecule has 1 aliphatic heterocycles. The first-order valence-electron chi connectivity index (χ1n) is 2.31. The third-order valence-corrected chi connectivity index (χ3v) is 1.03. The smallest absolute Gasteiger partial charge is 0.0707 e. The Labute approximate surface area is 42.5 Å². The van der Waals surface area contributed by atoms with Gasteiger partial charge in [-0.05, 0) is 6.42 Å². The van der Waals surface area contributed by atoms with E-state index in [2.05, 4.69) is 11.1 Å². The highest BCUT2D eigenvalue weighted by atomic mass is 14.7. The summed E-state index contributed by atoms with van der Waals surface area (Å²) >= 11 is 0. The standard InChI is InChI=1S/C5H6N2/c6-3-5-1-2-7-4-5/h2,5H,1,4H2. The number of aliphatic imine (C=N–C) groups is 1. The fourth-order valence-corrected chi connectivity index (χ4v) is 0.572. The van der Waals surface area contributed by atoms with Crippen LogP contribution in [0.3, 0.4) is 0 Å². The molecule has 1 unspecified atom stereocenters. The molecule has 0 aromatic rings. The monoisotopic (exact) mass is 94.1 g/mol. The minimum absolute atomic E-state index is 0.181. The van der Waals surface area contributed by atoms with Gasteiger partial charge in [-0.3, -0.25) is 4.99 Å². The van der Waals surface area contributed by atoms with Crippen LogP contribution >= 0.6 is 0 Å². The van der Waals surface area contributed by atoms with E-state index in [9.17, 15) is 0 Å². The van der Waals surface area contributed by atoms with Gasteiger partial charge in [0.2, 0.25) is 0 Å². The van der Waals surface area contributed by atoms with Crippen molar-refractivity contribution in [3.8, 4) is 6.07 Å². The van der Waals surface area contributed by atoms with Crippen LogP contribution in [-0.4, -0.2) is 12.8 Å². The fourth-order valence-electron chi connectivity index (χ4n) is 0.572. The van der Waals surface area contributed by atoms with Crippen LogP contribution in [0, 0.1) is 17.2 Å². The van der Waals surface area contributed by atoms with Crippen molar-refractivity contribution in [3.05, 3.63) is 0 Å². The van der Waals surface area contributed by atoms with Crippen LogP contribution in [0.15, 0.2) is 4.99 Å². The second-order valence-electron chi connectivity index (χ2n) is 1.61. The number of nitriles is 1. The van der Waals surface area contributed by atoms with Crippen molar-refractivity contribution >= 4 is 6.21 Å². The molecule has 7 heavy (non-hydrogen) atoms. The molecule has 0 spiro atoms. The molecule has 0 amide bonds. The van der Waals surface area contributed by atoms with E-state index in [1.807, 2.05) is 6.21 Å². The van der Waals surface area contributed by atoms with E-state index in [-0.39, 0.29) is 5.92 Å². The van der Waals surface area contributed by atoms with E-state index in [0.29, 0.717) is 0 Å². The minimum Gasteiger partial charge on any atom is -0.296 e. The molecule has 0 aromatic heterocycles. The number of hydrogen-bond donors (Lipinski definition) is 0. The molecule has 0 N–H and O–H groups in total. The fraction of sp³-hybridized carbons (Fsp3) is 0.600. The van der Waals surface area contributed by atoms with Gasteiger partial charge < -0.3 is 0 Å². The first-order valence-corrected chi connectivity index (χ1v) is 2.31. The Bertz CT molecular complexity index is 113. The van der Waals surface area contributed by atoms with Gasteiger partial charge in [-0.1, -0.05) is 0 Å². The Morgan fingerprint density at radius 2 is 2.71 bits per heavy atom. The topological polar surface area (TPSA) is 36.1 Å². The number of hydrogen-bond acceptors (Lipinski definition) is 2. The van der Waals surface area contributed by atoms with Crippen molar-refractivity contribution in [3.63, 3.8) is 0 Å². The third kappa shape index (κ3) is 0.774. The van der Waals surface area contributed by atoms with Crippen molar-refractivity contribution in [2.75, 3.05) is 6.54 Å². The average molecular weight is 94.1 g/mol. The van der Waals surface area contributed by atoms with Gasteiger partial charge in [0.05, 0.1) is 18.5 Å². The van der Waals surface area contributed by atoms with E-state index in [0.717, 1.165) is 13.0 Å². The Hall–Kier alpha value is -0.840. The van der Waals surface area contributed by atoms with Gasteiger partial charge in [0.15, 0.2) is 0 Å². The predicted octanol–water partition coefficient (Wildman–Crippen LogP) is 0.601. The van der Waals surface area contributed by atoms with Gasteiger partial charge in [0.1, 0.15) is 0 Å². The van der Waals surface area contributed by atoms with E-state index >= 15 is 0 Å². The zero-order valence-corrected chi connectivity index (χ0v) is 3.96. The molecule has 0 aromatic carbocycles. The van der Waals surface area contributed by atoms with Gasteiger partial charge in [-0.15, -0.1) is 0 Å². The Morgan fingerprint density at radius 3 is 3.00 bits per heavy atom. The molecule has 1 heterocycles. The van der Waals surface area contributed by atoms with Gasteiger partial charge in [0.25, 0.3) is 0 Å². The molecular formula is C5H6N2. The molecular weight excluding hydrogens is 88.1 g/mol. The Kier molecular flexibility index (Phi) is 1.08. The van der Waals surface area contributed by atoms with Crippen molar-refractivity contribution in [2.45, 2.75) is 6.42 Å². The summed E-state index contributed by atoms with van der Waals surface area (Å²) in [5.41, 5.74) is 0. The number of rotatable bonds is 0. The highest BCUT2D eigenvalue weighted by molar-refractivity contribution is 5.60. The molecule has 1 aliphatic rings. The van der Waals surface area contributed by atoms with Gasteiger partial charge in [0, 0.05) is 6.21 Å². The van der Waals surface area contributed by atoms with E-state index < -0.39 is 0 Å². The second kappa shape index (κ2) is 1.74. The summed E-state index contributed by atoms with van der Waals surface area (Å²) < 4.78 is 0. The molecule has 0 saturated carbocycles. The molecule has 0 bridgehead atoms. The summed E-state index contributed by atoms with van der Waals surface area (Å²) in [6.45, 7) is 0.719. The normalized spacial score (nSPS) is 27.6. The molecule has 2 heteroatoms. The van der Waals surface area contributed by atoms with Gasteiger partial charge in [-0.25, -0.2) is 0 Å². The second-order valence-corrected chi connectivity index (χ2v) is 1.61. The molecule has 0 radical (unpaired) electrons. The first kappa shape index (κ1) is 4.32. The third-order valence-electron chi connectivity index (χ3n) is 1.03. The summed E-state index contributed by atoms with van der Waals surface area (Å²) in [4.78, 5) is 3.89. The van der Waals surface area contributed by atoms with Crippen LogP contribution in [-0.2, 0) is 0 Å². The van der Waals surface area contributed by atoms with Crippen LogP contribution in [0.5, 0.6) is 0 Å². The lowest BCUT2D eigenvalue weighted by molar-refractivity contribution is 0.761. The van der Waals surface area contributed by atoms with E-state index in [1.165, 1.54) is 0 Å². The Balaban J connectivity index is 2.39. The lowest BCUT2D eigenvalue weighted by Crippen LogP contribution is -1.92. The van der Waals surface area contributed by atoms with Gasteiger partial charge >= 0.3 is 0 Å². The zero-order valence-electron chi connectivity index (χ0n) is 3.96. The molecule has 1 atom stereocenters. The lowest BCUT2D eigenvalue weighted by Gasteiger charge is -1.86. The van der Waals surface area contributed by atoms with Gasteiger partial charge in [-0.2, -0.15) is 5.26 Å². The maximum atomic E-state index is 8.24. The highest BCUT2D eigenvalue weighted by Crippen LogP contribution is 2.04. The quantitative estimate of drug-likeness (QED) is 0.433. The van der Waals surface area contributed by atoms with E-state index in [1.54, 1.807) is 0 Å². The van der Waals surface area contributed by atoms with Crippen LogP contribution in [0.1, 0.15) is 6.42 Å².